The second-order valence-corrected chi connectivity index (χ2v) is 4.28. The Hall–Kier alpha value is -2.11. The van der Waals surface area contributed by atoms with Gasteiger partial charge in [0.05, 0.1) is 11.8 Å². The van der Waals surface area contributed by atoms with Crippen molar-refractivity contribution in [3.63, 3.8) is 0 Å². The van der Waals surface area contributed by atoms with Crippen LogP contribution in [0.1, 0.15) is 29.6 Å². The van der Waals surface area contributed by atoms with Gasteiger partial charge in [0.2, 0.25) is 0 Å². The van der Waals surface area contributed by atoms with Crippen LogP contribution in [0.4, 0.5) is 0 Å². The van der Waals surface area contributed by atoms with Crippen LogP contribution in [-0.4, -0.2) is 44.6 Å². The smallest absolute Gasteiger partial charge is 0.326 e. The molecule has 6 nitrogen and oxygen atoms in total. The number of hydrogen-bond donors (Lipinski definition) is 2. The first-order valence-corrected chi connectivity index (χ1v) is 5.77. The number of pyridine rings is 1. The van der Waals surface area contributed by atoms with Crippen LogP contribution in [-0.2, 0) is 4.79 Å². The predicted molar refractivity (Wildman–Crippen MR) is 62.2 cm³/mol. The van der Waals surface area contributed by atoms with Gasteiger partial charge in [-0.2, -0.15) is 0 Å². The molecule has 6 heteroatoms. The van der Waals surface area contributed by atoms with Gasteiger partial charge in [0.15, 0.2) is 0 Å². The van der Waals surface area contributed by atoms with Crippen molar-refractivity contribution in [2.24, 2.45) is 0 Å². The summed E-state index contributed by atoms with van der Waals surface area (Å²) >= 11 is 0. The van der Waals surface area contributed by atoms with E-state index in [1.165, 1.54) is 23.4 Å². The number of amides is 1. The van der Waals surface area contributed by atoms with E-state index in [1.807, 2.05) is 0 Å². The summed E-state index contributed by atoms with van der Waals surface area (Å²) in [4.78, 5) is 28.3. The van der Waals surface area contributed by atoms with Crippen LogP contribution >= 0.6 is 0 Å². The van der Waals surface area contributed by atoms with Gasteiger partial charge in [-0.15, -0.1) is 0 Å². The lowest BCUT2D eigenvalue weighted by molar-refractivity contribution is -0.143. The summed E-state index contributed by atoms with van der Waals surface area (Å²) in [5, 5.41) is 18.4. The highest BCUT2D eigenvalue weighted by atomic mass is 16.4. The Bertz CT molecular complexity index is 475. The van der Waals surface area contributed by atoms with Crippen LogP contribution < -0.4 is 0 Å². The second kappa shape index (κ2) is 5.03. The summed E-state index contributed by atoms with van der Waals surface area (Å²) in [6, 6.07) is 0.511. The van der Waals surface area contributed by atoms with Crippen molar-refractivity contribution in [1.82, 2.24) is 9.88 Å². The third-order valence-electron chi connectivity index (χ3n) is 3.02. The number of carbonyl (C=O) groups excluding carboxylic acids is 1. The molecule has 0 aliphatic carbocycles. The molecule has 0 radical (unpaired) electrons. The van der Waals surface area contributed by atoms with Crippen LogP contribution in [0.15, 0.2) is 18.5 Å². The maximum atomic E-state index is 12.2. The van der Waals surface area contributed by atoms with Crippen LogP contribution in [0.5, 0.6) is 5.75 Å². The molecule has 2 N–H and O–H groups in total. The van der Waals surface area contributed by atoms with E-state index in [2.05, 4.69) is 4.98 Å². The fraction of sp³-hybridized carbons (Fsp3) is 0.417. The predicted octanol–water partition coefficient (Wildman–Crippen LogP) is 0.866. The lowest BCUT2D eigenvalue weighted by atomic mass is 10.0. The SMILES string of the molecule is O=C(O)C1CCCCN1C(=O)c1cncc(O)c1. The Kier molecular flexibility index (Phi) is 3.45. The monoisotopic (exact) mass is 250 g/mol. The molecule has 2 heterocycles. The summed E-state index contributed by atoms with van der Waals surface area (Å²) in [6.45, 7) is 0.422. The van der Waals surface area contributed by atoms with E-state index in [9.17, 15) is 14.7 Å². The molecule has 96 valence electrons. The Morgan fingerprint density at radius 1 is 1.33 bits per heavy atom. The third kappa shape index (κ3) is 2.42. The number of aromatic nitrogens is 1. The van der Waals surface area contributed by atoms with Crippen molar-refractivity contribution >= 4 is 11.9 Å². The molecule has 1 aliphatic rings. The number of hydrogen-bond acceptors (Lipinski definition) is 4. The zero-order chi connectivity index (χ0) is 13.1. The highest BCUT2D eigenvalue weighted by Gasteiger charge is 2.32. The van der Waals surface area contributed by atoms with Gasteiger partial charge in [-0.3, -0.25) is 9.78 Å². The quantitative estimate of drug-likeness (QED) is 0.812. The molecule has 0 spiro atoms. The number of nitrogens with zero attached hydrogens (tertiary/aromatic N) is 2. The largest absolute Gasteiger partial charge is 0.506 e. The minimum absolute atomic E-state index is 0.107. The maximum absolute atomic E-state index is 12.2. The van der Waals surface area contributed by atoms with Gasteiger partial charge < -0.3 is 15.1 Å². The van der Waals surface area contributed by atoms with Gasteiger partial charge >= 0.3 is 5.97 Å². The van der Waals surface area contributed by atoms with Crippen molar-refractivity contribution < 1.29 is 19.8 Å². The van der Waals surface area contributed by atoms with Crippen LogP contribution in [0.25, 0.3) is 0 Å². The molecule has 1 unspecified atom stereocenters. The van der Waals surface area contributed by atoms with E-state index >= 15 is 0 Å². The lowest BCUT2D eigenvalue weighted by Crippen LogP contribution is -2.48. The summed E-state index contributed by atoms with van der Waals surface area (Å²) in [5.41, 5.74) is 0.211. The van der Waals surface area contributed by atoms with E-state index in [1.54, 1.807) is 0 Å². The molecule has 1 aliphatic heterocycles. The Labute approximate surface area is 104 Å². The first-order valence-electron chi connectivity index (χ1n) is 5.77. The van der Waals surface area contributed by atoms with Crippen LogP contribution in [0, 0.1) is 0 Å². The maximum Gasteiger partial charge on any atom is 0.326 e. The molecule has 1 amide bonds. The number of likely N-dealkylation sites (tertiary alicyclic amines) is 1. The van der Waals surface area contributed by atoms with E-state index < -0.39 is 17.9 Å². The fourth-order valence-electron chi connectivity index (χ4n) is 2.14. The van der Waals surface area contributed by atoms with Crippen molar-refractivity contribution in [2.45, 2.75) is 25.3 Å². The molecular weight excluding hydrogens is 236 g/mol. The fourth-order valence-corrected chi connectivity index (χ4v) is 2.14. The van der Waals surface area contributed by atoms with Crippen molar-refractivity contribution in [2.75, 3.05) is 6.54 Å². The lowest BCUT2D eigenvalue weighted by Gasteiger charge is -2.32. The summed E-state index contributed by atoms with van der Waals surface area (Å²) < 4.78 is 0. The van der Waals surface area contributed by atoms with Gasteiger partial charge in [0.1, 0.15) is 11.8 Å². The molecule has 0 aromatic carbocycles. The van der Waals surface area contributed by atoms with Crippen LogP contribution in [0.3, 0.4) is 0 Å². The topological polar surface area (TPSA) is 90.7 Å². The standard InChI is InChI=1S/C12H14N2O4/c15-9-5-8(6-13-7-9)11(16)14-4-2-1-3-10(14)12(17)18/h5-7,10,15H,1-4H2,(H,17,18). The third-order valence-corrected chi connectivity index (χ3v) is 3.02. The average molecular weight is 250 g/mol. The Morgan fingerprint density at radius 3 is 2.78 bits per heavy atom. The van der Waals surface area contributed by atoms with Crippen molar-refractivity contribution in [3.05, 3.63) is 24.0 Å². The number of aromatic hydroxyl groups is 1. The van der Waals surface area contributed by atoms with Crippen molar-refractivity contribution in [3.8, 4) is 5.75 Å². The molecule has 0 saturated carbocycles. The minimum atomic E-state index is -0.990. The first-order chi connectivity index (χ1) is 8.59. The van der Waals surface area contributed by atoms with Gasteiger partial charge in [0.25, 0.3) is 5.91 Å². The van der Waals surface area contributed by atoms with E-state index in [4.69, 9.17) is 5.11 Å². The highest BCUT2D eigenvalue weighted by molar-refractivity contribution is 5.96. The zero-order valence-electron chi connectivity index (χ0n) is 9.74. The Balaban J connectivity index is 2.23. The number of aliphatic carboxylic acids is 1. The number of rotatable bonds is 2. The number of carboxylic acid groups (broad SMARTS) is 1. The van der Waals surface area contributed by atoms with Crippen LogP contribution in [0.2, 0.25) is 0 Å². The summed E-state index contributed by atoms with van der Waals surface area (Å²) in [7, 11) is 0. The number of carbonyl (C=O) groups is 2. The summed E-state index contributed by atoms with van der Waals surface area (Å²) in [6.07, 6.45) is 4.62. The minimum Gasteiger partial charge on any atom is -0.506 e. The van der Waals surface area contributed by atoms with Gasteiger partial charge in [-0.05, 0) is 25.3 Å². The molecule has 1 aromatic rings. The summed E-state index contributed by atoms with van der Waals surface area (Å²) in [5.74, 6) is -1.49. The van der Waals surface area contributed by atoms with E-state index in [0.29, 0.717) is 13.0 Å². The normalized spacial score (nSPS) is 19.6. The molecule has 2 rings (SSSR count). The first kappa shape index (κ1) is 12.3. The van der Waals surface area contributed by atoms with Gasteiger partial charge in [-0.25, -0.2) is 4.79 Å². The zero-order valence-corrected chi connectivity index (χ0v) is 9.74. The molecule has 1 atom stereocenters. The van der Waals surface area contributed by atoms with Gasteiger partial charge in [0, 0.05) is 12.7 Å². The molecule has 1 saturated heterocycles. The molecule has 18 heavy (non-hydrogen) atoms. The van der Waals surface area contributed by atoms with Gasteiger partial charge in [-0.1, -0.05) is 0 Å². The van der Waals surface area contributed by atoms with Crippen molar-refractivity contribution in [1.29, 1.82) is 0 Å². The molecular formula is C12H14N2O4. The number of piperidine rings is 1. The number of carboxylic acids is 1. The highest BCUT2D eigenvalue weighted by Crippen LogP contribution is 2.20. The van der Waals surface area contributed by atoms with E-state index in [0.717, 1.165) is 12.8 Å². The Morgan fingerprint density at radius 2 is 2.11 bits per heavy atom. The second-order valence-electron chi connectivity index (χ2n) is 4.28. The molecule has 1 fully saturated rings. The average Bonchev–Trinajstić information content (AvgIpc) is 2.38. The molecule has 0 bridgehead atoms. The van der Waals surface area contributed by atoms with E-state index in [-0.39, 0.29) is 11.3 Å². The molecule has 1 aromatic heterocycles.